The lowest BCUT2D eigenvalue weighted by Gasteiger charge is -2.12. The molecule has 1 aromatic heterocycles. The number of fused-ring (bicyclic) bond motifs is 1. The number of amides is 2. The van der Waals surface area contributed by atoms with Crippen LogP contribution in [0.5, 0.6) is 0 Å². The molecule has 2 amide bonds. The molecule has 28 heavy (non-hydrogen) atoms. The minimum absolute atomic E-state index is 0.115. The van der Waals surface area contributed by atoms with Gasteiger partial charge >= 0.3 is 5.69 Å². The smallest absolute Gasteiger partial charge is 0.295 e. The Hall–Kier alpha value is -2.77. The van der Waals surface area contributed by atoms with Gasteiger partial charge in [0.1, 0.15) is 0 Å². The first-order valence-corrected chi connectivity index (χ1v) is 9.70. The predicted molar refractivity (Wildman–Crippen MR) is 111 cm³/mol. The largest absolute Gasteiger partial charge is 0.328 e. The zero-order valence-electron chi connectivity index (χ0n) is 15.2. The van der Waals surface area contributed by atoms with Gasteiger partial charge in [-0.3, -0.25) is 23.6 Å². The normalized spacial score (nSPS) is 16.0. The maximum atomic E-state index is 12.7. The Kier molecular flexibility index (Phi) is 4.64. The first kappa shape index (κ1) is 18.6. The number of imidazole rings is 1. The van der Waals surface area contributed by atoms with Crippen molar-refractivity contribution in [3.63, 3.8) is 0 Å². The highest BCUT2D eigenvalue weighted by molar-refractivity contribution is 8.18. The van der Waals surface area contributed by atoms with Crippen molar-refractivity contribution in [1.82, 2.24) is 14.0 Å². The average molecular weight is 414 g/mol. The Morgan fingerprint density at radius 2 is 1.64 bits per heavy atom. The van der Waals surface area contributed by atoms with E-state index in [1.807, 2.05) is 18.2 Å². The third-order valence-corrected chi connectivity index (χ3v) is 5.88. The van der Waals surface area contributed by atoms with Crippen molar-refractivity contribution in [2.45, 2.75) is 6.54 Å². The van der Waals surface area contributed by atoms with Crippen LogP contribution in [0.25, 0.3) is 17.1 Å². The fourth-order valence-corrected chi connectivity index (χ4v) is 4.14. The molecule has 1 fully saturated rings. The van der Waals surface area contributed by atoms with Crippen LogP contribution >= 0.6 is 23.4 Å². The minimum Gasteiger partial charge on any atom is -0.295 e. The highest BCUT2D eigenvalue weighted by Crippen LogP contribution is 2.33. The molecular weight excluding hydrogens is 398 g/mol. The van der Waals surface area contributed by atoms with Crippen molar-refractivity contribution >= 4 is 51.6 Å². The second-order valence-electron chi connectivity index (χ2n) is 6.54. The van der Waals surface area contributed by atoms with Gasteiger partial charge in [0, 0.05) is 19.1 Å². The van der Waals surface area contributed by atoms with Gasteiger partial charge in [-0.2, -0.15) is 0 Å². The van der Waals surface area contributed by atoms with Gasteiger partial charge in [-0.15, -0.1) is 0 Å². The fourth-order valence-electron chi connectivity index (χ4n) is 3.17. The standard InChI is InChI=1S/C20H16ClN3O3S/c1-22-15-8-5-13(9-16(15)23(2)19(22)26)10-17-18(25)24(20(27)28-17)11-12-3-6-14(21)7-4-12/h3-10H,11H2,1-2H3/b17-10+. The van der Waals surface area contributed by atoms with Crippen molar-refractivity contribution < 1.29 is 9.59 Å². The molecule has 0 N–H and O–H groups in total. The van der Waals surface area contributed by atoms with E-state index in [1.165, 1.54) is 4.90 Å². The van der Waals surface area contributed by atoms with Gasteiger partial charge in [-0.25, -0.2) is 4.79 Å². The van der Waals surface area contributed by atoms with Crippen molar-refractivity contribution in [2.75, 3.05) is 0 Å². The van der Waals surface area contributed by atoms with E-state index in [9.17, 15) is 14.4 Å². The maximum Gasteiger partial charge on any atom is 0.328 e. The predicted octanol–water partition coefficient (Wildman–Crippen LogP) is 3.77. The van der Waals surface area contributed by atoms with Crippen LogP contribution < -0.4 is 5.69 Å². The number of nitrogens with zero attached hydrogens (tertiary/aromatic N) is 3. The summed E-state index contributed by atoms with van der Waals surface area (Å²) in [7, 11) is 3.42. The number of rotatable bonds is 3. The zero-order chi connectivity index (χ0) is 20.0. The summed E-state index contributed by atoms with van der Waals surface area (Å²) in [5.74, 6) is -0.327. The Bertz CT molecular complexity index is 1210. The second kappa shape index (κ2) is 7.00. The van der Waals surface area contributed by atoms with Crippen LogP contribution in [-0.2, 0) is 25.4 Å². The molecule has 8 heteroatoms. The summed E-state index contributed by atoms with van der Waals surface area (Å²) < 4.78 is 3.12. The summed E-state index contributed by atoms with van der Waals surface area (Å²) in [6, 6.07) is 12.5. The third kappa shape index (κ3) is 3.16. The molecule has 2 aromatic carbocycles. The SMILES string of the molecule is Cn1c(=O)n(C)c2cc(/C=C3/SC(=O)N(Cc4ccc(Cl)cc4)C3=O)ccc21. The third-order valence-electron chi connectivity index (χ3n) is 4.72. The van der Waals surface area contributed by atoms with E-state index >= 15 is 0 Å². The van der Waals surface area contributed by atoms with Gasteiger partial charge < -0.3 is 0 Å². The van der Waals surface area contributed by atoms with Gasteiger partial charge in [-0.05, 0) is 53.2 Å². The monoisotopic (exact) mass is 413 g/mol. The van der Waals surface area contributed by atoms with E-state index in [1.54, 1.807) is 53.6 Å². The molecule has 3 aromatic rings. The Labute approximate surface area is 170 Å². The molecule has 0 unspecified atom stereocenters. The van der Waals surface area contributed by atoms with E-state index in [4.69, 9.17) is 11.6 Å². The lowest BCUT2D eigenvalue weighted by Crippen LogP contribution is -2.27. The molecule has 1 aliphatic rings. The first-order valence-electron chi connectivity index (χ1n) is 8.50. The highest BCUT2D eigenvalue weighted by Gasteiger charge is 2.35. The number of aromatic nitrogens is 2. The minimum atomic E-state index is -0.327. The van der Waals surface area contributed by atoms with Crippen molar-refractivity contribution in [3.8, 4) is 0 Å². The van der Waals surface area contributed by atoms with E-state index in [0.717, 1.165) is 33.9 Å². The lowest BCUT2D eigenvalue weighted by molar-refractivity contribution is -0.123. The van der Waals surface area contributed by atoms with E-state index in [0.29, 0.717) is 9.93 Å². The van der Waals surface area contributed by atoms with Gasteiger partial charge in [0.05, 0.1) is 22.5 Å². The quantitative estimate of drug-likeness (QED) is 0.613. The van der Waals surface area contributed by atoms with Crippen LogP contribution in [0.1, 0.15) is 11.1 Å². The first-order chi connectivity index (χ1) is 13.3. The molecule has 0 aliphatic carbocycles. The number of hydrogen-bond acceptors (Lipinski definition) is 4. The summed E-state index contributed by atoms with van der Waals surface area (Å²) >= 11 is 6.80. The van der Waals surface area contributed by atoms with Gasteiger partial charge in [-0.1, -0.05) is 29.8 Å². The van der Waals surface area contributed by atoms with Gasteiger partial charge in [0.15, 0.2) is 0 Å². The number of thioether (sulfide) groups is 1. The van der Waals surface area contributed by atoms with Crippen molar-refractivity contribution in [3.05, 3.63) is 74.0 Å². The van der Waals surface area contributed by atoms with Gasteiger partial charge in [0.25, 0.3) is 11.1 Å². The van der Waals surface area contributed by atoms with Crippen LogP contribution in [0.15, 0.2) is 52.2 Å². The van der Waals surface area contributed by atoms with Crippen molar-refractivity contribution in [1.29, 1.82) is 0 Å². The summed E-state index contributed by atoms with van der Waals surface area (Å²) in [6.07, 6.45) is 1.68. The Morgan fingerprint density at radius 1 is 0.964 bits per heavy atom. The molecule has 1 saturated heterocycles. The number of imide groups is 1. The van der Waals surface area contributed by atoms with Crippen LogP contribution in [0, 0.1) is 0 Å². The topological polar surface area (TPSA) is 64.3 Å². The molecule has 0 atom stereocenters. The molecule has 2 heterocycles. The fraction of sp³-hybridized carbons (Fsp3) is 0.150. The van der Waals surface area contributed by atoms with E-state index in [-0.39, 0.29) is 23.4 Å². The Morgan fingerprint density at radius 3 is 2.36 bits per heavy atom. The summed E-state index contributed by atoms with van der Waals surface area (Å²) in [5.41, 5.74) is 3.04. The van der Waals surface area contributed by atoms with Crippen LogP contribution in [0.2, 0.25) is 5.02 Å². The summed E-state index contributed by atoms with van der Waals surface area (Å²) in [6.45, 7) is 0.200. The molecule has 1 aliphatic heterocycles. The second-order valence-corrected chi connectivity index (χ2v) is 7.97. The molecule has 0 bridgehead atoms. The molecule has 0 radical (unpaired) electrons. The molecular formula is C20H16ClN3O3S. The Balaban J connectivity index is 1.63. The zero-order valence-corrected chi connectivity index (χ0v) is 16.8. The average Bonchev–Trinajstić information content (AvgIpc) is 3.06. The molecule has 0 saturated carbocycles. The number of hydrogen-bond donors (Lipinski definition) is 0. The van der Waals surface area contributed by atoms with Gasteiger partial charge in [0.2, 0.25) is 0 Å². The maximum absolute atomic E-state index is 12.7. The van der Waals surface area contributed by atoms with Crippen molar-refractivity contribution in [2.24, 2.45) is 14.1 Å². The number of benzene rings is 2. The summed E-state index contributed by atoms with van der Waals surface area (Å²) in [5, 5.41) is 0.294. The number of carbonyl (C=O) groups is 2. The lowest BCUT2D eigenvalue weighted by atomic mass is 10.1. The van der Waals surface area contributed by atoms with E-state index in [2.05, 4.69) is 0 Å². The number of halogens is 1. The van der Waals surface area contributed by atoms with E-state index < -0.39 is 0 Å². The summed E-state index contributed by atoms with van der Waals surface area (Å²) in [4.78, 5) is 38.7. The number of carbonyl (C=O) groups excluding carboxylic acids is 2. The van der Waals surface area contributed by atoms with Crippen LogP contribution in [-0.4, -0.2) is 25.2 Å². The highest BCUT2D eigenvalue weighted by atomic mass is 35.5. The van der Waals surface area contributed by atoms with Crippen LogP contribution in [0.3, 0.4) is 0 Å². The molecule has 0 spiro atoms. The molecule has 142 valence electrons. The molecule has 4 rings (SSSR count). The molecule has 6 nitrogen and oxygen atoms in total. The number of aryl methyl sites for hydroxylation is 2. The van der Waals surface area contributed by atoms with Crippen LogP contribution in [0.4, 0.5) is 4.79 Å².